The summed E-state index contributed by atoms with van der Waals surface area (Å²) < 4.78 is 22.1. The van der Waals surface area contributed by atoms with Crippen LogP contribution in [0.15, 0.2) is 42.5 Å². The van der Waals surface area contributed by atoms with Gasteiger partial charge in [-0.1, -0.05) is 18.2 Å². The minimum atomic E-state index is -1.32. The van der Waals surface area contributed by atoms with Crippen LogP contribution in [-0.2, 0) is 15.1 Å². The fourth-order valence-corrected chi connectivity index (χ4v) is 3.83. The Labute approximate surface area is 183 Å². The zero-order valence-corrected chi connectivity index (χ0v) is 17.3. The highest BCUT2D eigenvalue weighted by Crippen LogP contribution is 2.37. The third-order valence-corrected chi connectivity index (χ3v) is 5.62. The molecule has 0 aromatic heterocycles. The molecule has 10 nitrogen and oxygen atoms in total. The molecule has 0 bridgehead atoms. The molecule has 2 aromatic carbocycles. The Morgan fingerprint density at radius 2 is 1.84 bits per heavy atom. The van der Waals surface area contributed by atoms with Gasteiger partial charge in [0, 0.05) is 0 Å². The fraction of sp³-hybridized carbons (Fsp3) is 0.318. The molecular formula is C22H21N3O7. The van der Waals surface area contributed by atoms with Crippen molar-refractivity contribution in [1.29, 1.82) is 0 Å². The van der Waals surface area contributed by atoms with Crippen molar-refractivity contribution < 1.29 is 33.3 Å². The predicted octanol–water partition coefficient (Wildman–Crippen LogP) is 1.14. The zero-order chi connectivity index (χ0) is 22.3. The van der Waals surface area contributed by atoms with Gasteiger partial charge in [-0.15, -0.1) is 0 Å². The average Bonchev–Trinajstić information content (AvgIpc) is 3.36. The highest BCUT2D eigenvalue weighted by Gasteiger charge is 2.50. The lowest BCUT2D eigenvalue weighted by Crippen LogP contribution is -2.46. The summed E-state index contributed by atoms with van der Waals surface area (Å²) in [5.41, 5.74) is -0.781. The maximum Gasteiger partial charge on any atom is 0.325 e. The smallest absolute Gasteiger partial charge is 0.325 e. The molecule has 0 aliphatic carbocycles. The number of nitrogens with zero attached hydrogens (tertiary/aromatic N) is 1. The summed E-state index contributed by atoms with van der Waals surface area (Å²) in [5, 5.41) is 5.37. The lowest BCUT2D eigenvalue weighted by Gasteiger charge is -2.26. The molecule has 0 saturated carbocycles. The van der Waals surface area contributed by atoms with Crippen LogP contribution in [0.4, 0.5) is 4.79 Å². The van der Waals surface area contributed by atoms with E-state index < -0.39 is 29.9 Å². The van der Waals surface area contributed by atoms with E-state index >= 15 is 0 Å². The number of amides is 4. The van der Waals surface area contributed by atoms with E-state index in [1.165, 1.54) is 0 Å². The van der Waals surface area contributed by atoms with E-state index in [-0.39, 0.29) is 26.0 Å². The number of ether oxygens (including phenoxy) is 4. The standard InChI is InChI=1S/C22H21N3O7/c1-22(13-6-7-16-18(8-13)31-12-30-16)20(27)25(21(28)24-22)10-19(26)23-9-14-11-29-15-4-2-3-5-17(15)32-14/h2-8,14H,9-12H2,1H3,(H,23,26)(H,24,28). The van der Waals surface area contributed by atoms with Crippen molar-refractivity contribution in [1.82, 2.24) is 15.5 Å². The van der Waals surface area contributed by atoms with Gasteiger partial charge in [-0.3, -0.25) is 14.5 Å². The van der Waals surface area contributed by atoms with E-state index in [9.17, 15) is 14.4 Å². The summed E-state index contributed by atoms with van der Waals surface area (Å²) in [6.45, 7) is 1.74. The summed E-state index contributed by atoms with van der Waals surface area (Å²) in [5.74, 6) is 1.32. The second-order valence-electron chi connectivity index (χ2n) is 7.82. The van der Waals surface area contributed by atoms with E-state index in [0.717, 1.165) is 4.90 Å². The third kappa shape index (κ3) is 3.43. The summed E-state index contributed by atoms with van der Waals surface area (Å²) in [4.78, 5) is 38.9. The third-order valence-electron chi connectivity index (χ3n) is 5.62. The number of imide groups is 1. The van der Waals surface area contributed by atoms with E-state index in [0.29, 0.717) is 28.6 Å². The normalized spacial score (nSPS) is 23.2. The molecule has 2 aromatic rings. The van der Waals surface area contributed by atoms with Gasteiger partial charge in [0.25, 0.3) is 5.91 Å². The maximum atomic E-state index is 13.1. The molecule has 1 saturated heterocycles. The number of rotatable bonds is 5. The van der Waals surface area contributed by atoms with Gasteiger partial charge in [-0.25, -0.2) is 4.79 Å². The number of carbonyl (C=O) groups excluding carboxylic acids is 3. The van der Waals surface area contributed by atoms with Crippen LogP contribution in [0.1, 0.15) is 12.5 Å². The van der Waals surface area contributed by atoms with Gasteiger partial charge in [-0.05, 0) is 36.8 Å². The van der Waals surface area contributed by atoms with Crippen molar-refractivity contribution in [3.63, 3.8) is 0 Å². The summed E-state index contributed by atoms with van der Waals surface area (Å²) in [6.07, 6.45) is -0.379. The van der Waals surface area contributed by atoms with Gasteiger partial charge < -0.3 is 29.6 Å². The second kappa shape index (κ2) is 7.63. The molecular weight excluding hydrogens is 418 g/mol. The van der Waals surface area contributed by atoms with Gasteiger partial charge >= 0.3 is 6.03 Å². The van der Waals surface area contributed by atoms with Crippen molar-refractivity contribution in [3.8, 4) is 23.0 Å². The number of benzene rings is 2. The molecule has 4 amide bonds. The van der Waals surface area contributed by atoms with Gasteiger partial charge in [0.15, 0.2) is 23.0 Å². The summed E-state index contributed by atoms with van der Waals surface area (Å²) in [7, 11) is 0. The number of nitrogens with one attached hydrogen (secondary N) is 2. The van der Waals surface area contributed by atoms with Gasteiger partial charge in [0.1, 0.15) is 24.8 Å². The van der Waals surface area contributed by atoms with E-state index in [1.54, 1.807) is 37.3 Å². The number of fused-ring (bicyclic) bond motifs is 2. The molecule has 2 atom stereocenters. The van der Waals surface area contributed by atoms with Crippen LogP contribution in [0.25, 0.3) is 0 Å². The highest BCUT2D eigenvalue weighted by molar-refractivity contribution is 6.09. The van der Waals surface area contributed by atoms with Crippen molar-refractivity contribution >= 4 is 17.8 Å². The Hall–Kier alpha value is -3.95. The molecule has 5 rings (SSSR count). The Morgan fingerprint density at radius 1 is 1.09 bits per heavy atom. The molecule has 10 heteroatoms. The predicted molar refractivity (Wildman–Crippen MR) is 110 cm³/mol. The van der Waals surface area contributed by atoms with Crippen LogP contribution in [-0.4, -0.2) is 55.3 Å². The van der Waals surface area contributed by atoms with Crippen LogP contribution in [0, 0.1) is 0 Å². The molecule has 3 aliphatic heterocycles. The van der Waals surface area contributed by atoms with Crippen LogP contribution in [0.5, 0.6) is 23.0 Å². The fourth-order valence-electron chi connectivity index (χ4n) is 3.83. The minimum Gasteiger partial charge on any atom is -0.486 e. The monoisotopic (exact) mass is 439 g/mol. The minimum absolute atomic E-state index is 0.101. The lowest BCUT2D eigenvalue weighted by atomic mass is 9.91. The molecule has 1 fully saturated rings. The van der Waals surface area contributed by atoms with Gasteiger partial charge in [0.05, 0.1) is 6.54 Å². The molecule has 2 N–H and O–H groups in total. The molecule has 2 unspecified atom stereocenters. The summed E-state index contributed by atoms with van der Waals surface area (Å²) >= 11 is 0. The van der Waals surface area contributed by atoms with Crippen LogP contribution >= 0.6 is 0 Å². The highest BCUT2D eigenvalue weighted by atomic mass is 16.7. The molecule has 0 spiro atoms. The van der Waals surface area contributed by atoms with Crippen LogP contribution in [0.2, 0.25) is 0 Å². The Bertz CT molecular complexity index is 1100. The number of urea groups is 1. The molecule has 3 aliphatic rings. The first-order valence-electron chi connectivity index (χ1n) is 10.1. The zero-order valence-electron chi connectivity index (χ0n) is 17.3. The lowest BCUT2D eigenvalue weighted by molar-refractivity contribution is -0.134. The summed E-state index contributed by atoms with van der Waals surface area (Å²) in [6, 6.07) is 11.7. The Balaban J connectivity index is 1.21. The first-order chi connectivity index (χ1) is 15.4. The Kier molecular flexibility index (Phi) is 4.76. The van der Waals surface area contributed by atoms with E-state index in [1.807, 2.05) is 12.1 Å². The van der Waals surface area contributed by atoms with E-state index in [2.05, 4.69) is 10.6 Å². The first kappa shape index (κ1) is 20.0. The van der Waals surface area contributed by atoms with Gasteiger partial charge in [0.2, 0.25) is 12.7 Å². The number of carbonyl (C=O) groups is 3. The number of hydrogen-bond donors (Lipinski definition) is 2. The quantitative estimate of drug-likeness (QED) is 0.672. The van der Waals surface area contributed by atoms with E-state index in [4.69, 9.17) is 18.9 Å². The Morgan fingerprint density at radius 3 is 2.69 bits per heavy atom. The SMILES string of the molecule is CC1(c2ccc3c(c2)OCO3)NC(=O)N(CC(=O)NCC2COc3ccccc3O2)C1=O. The topological polar surface area (TPSA) is 115 Å². The number of para-hydroxylation sites is 2. The second-order valence-corrected chi connectivity index (χ2v) is 7.82. The van der Waals surface area contributed by atoms with Crippen molar-refractivity contribution in [2.24, 2.45) is 0 Å². The first-order valence-corrected chi connectivity index (χ1v) is 10.1. The molecule has 32 heavy (non-hydrogen) atoms. The average molecular weight is 439 g/mol. The van der Waals surface area contributed by atoms with Gasteiger partial charge in [-0.2, -0.15) is 0 Å². The van der Waals surface area contributed by atoms with Crippen molar-refractivity contribution in [3.05, 3.63) is 48.0 Å². The molecule has 3 heterocycles. The van der Waals surface area contributed by atoms with Crippen LogP contribution in [0.3, 0.4) is 0 Å². The van der Waals surface area contributed by atoms with Crippen molar-refractivity contribution in [2.45, 2.75) is 18.6 Å². The maximum absolute atomic E-state index is 13.1. The molecule has 0 radical (unpaired) electrons. The largest absolute Gasteiger partial charge is 0.486 e. The van der Waals surface area contributed by atoms with Crippen molar-refractivity contribution in [2.75, 3.05) is 26.5 Å². The molecule has 166 valence electrons. The number of hydrogen-bond acceptors (Lipinski definition) is 7. The van der Waals surface area contributed by atoms with Crippen LogP contribution < -0.4 is 29.6 Å².